The maximum Gasteiger partial charge on any atom is 0.309 e. The molecule has 0 aliphatic heterocycles. The largest absolute Gasteiger partial charge is 0.481 e. The van der Waals surface area contributed by atoms with Crippen molar-refractivity contribution in [2.24, 2.45) is 10.8 Å². The van der Waals surface area contributed by atoms with Gasteiger partial charge in [-0.15, -0.1) is 0 Å². The zero-order valence-electron chi connectivity index (χ0n) is 20.1. The lowest BCUT2D eigenvalue weighted by atomic mass is 9.87. The van der Waals surface area contributed by atoms with Crippen molar-refractivity contribution in [1.82, 2.24) is 0 Å². The highest BCUT2D eigenvalue weighted by molar-refractivity contribution is 5.79. The van der Waals surface area contributed by atoms with E-state index in [1.54, 1.807) is 27.7 Å². The number of rotatable bonds is 20. The van der Waals surface area contributed by atoms with E-state index in [1.807, 2.05) is 0 Å². The van der Waals surface area contributed by atoms with Gasteiger partial charge in [-0.3, -0.25) is 19.2 Å². The second kappa shape index (κ2) is 15.1. The molecule has 2 N–H and O–H groups in total. The van der Waals surface area contributed by atoms with Crippen LogP contribution in [0.25, 0.3) is 0 Å². The van der Waals surface area contributed by atoms with Crippen LogP contribution in [-0.2, 0) is 19.2 Å². The first-order valence-electron chi connectivity index (χ1n) is 11.9. The van der Waals surface area contributed by atoms with Crippen molar-refractivity contribution in [2.75, 3.05) is 0 Å². The van der Waals surface area contributed by atoms with Crippen LogP contribution in [0.1, 0.15) is 124 Å². The Balaban J connectivity index is 3.60. The fourth-order valence-electron chi connectivity index (χ4n) is 3.42. The van der Waals surface area contributed by atoms with Crippen LogP contribution in [0.2, 0.25) is 0 Å². The van der Waals surface area contributed by atoms with E-state index in [4.69, 9.17) is 10.2 Å². The first-order chi connectivity index (χ1) is 14.4. The Morgan fingerprint density at radius 3 is 1.00 bits per heavy atom. The molecule has 0 spiro atoms. The zero-order valence-corrected chi connectivity index (χ0v) is 20.1. The van der Waals surface area contributed by atoms with Gasteiger partial charge in [-0.25, -0.2) is 0 Å². The number of ketones is 2. The van der Waals surface area contributed by atoms with Crippen LogP contribution in [0, 0.1) is 10.8 Å². The third-order valence-corrected chi connectivity index (χ3v) is 6.08. The summed E-state index contributed by atoms with van der Waals surface area (Å²) in [5.74, 6) is -1.04. The Kier molecular flexibility index (Phi) is 14.3. The number of hydrogen-bond acceptors (Lipinski definition) is 4. The minimum atomic E-state index is -0.776. The molecule has 31 heavy (non-hydrogen) atoms. The molecule has 6 nitrogen and oxygen atoms in total. The molecule has 0 rings (SSSR count). The quantitative estimate of drug-likeness (QED) is 0.218. The van der Waals surface area contributed by atoms with Crippen molar-refractivity contribution in [2.45, 2.75) is 124 Å². The summed E-state index contributed by atoms with van der Waals surface area (Å²) in [5.41, 5.74) is -1.39. The average Bonchev–Trinajstić information content (AvgIpc) is 2.66. The number of carboxylic acids is 2. The average molecular weight is 441 g/mol. The minimum Gasteiger partial charge on any atom is -0.481 e. The van der Waals surface area contributed by atoms with E-state index in [9.17, 15) is 19.2 Å². The third kappa shape index (κ3) is 14.8. The van der Waals surface area contributed by atoms with Crippen molar-refractivity contribution < 1.29 is 29.4 Å². The van der Waals surface area contributed by atoms with Crippen LogP contribution in [0.4, 0.5) is 0 Å². The van der Waals surface area contributed by atoms with Crippen LogP contribution < -0.4 is 0 Å². The third-order valence-electron chi connectivity index (χ3n) is 6.08. The number of aliphatic carboxylic acids is 2. The second-order valence-electron chi connectivity index (χ2n) is 10.1. The fourth-order valence-corrected chi connectivity index (χ4v) is 3.42. The fraction of sp³-hybridized carbons (Fsp3) is 0.840. The Labute approximate surface area is 188 Å². The molecular formula is C25H44O6. The molecule has 0 aromatic rings. The van der Waals surface area contributed by atoms with Gasteiger partial charge in [-0.1, -0.05) is 32.1 Å². The van der Waals surface area contributed by atoms with Gasteiger partial charge in [0.2, 0.25) is 0 Å². The molecule has 0 heterocycles. The van der Waals surface area contributed by atoms with Gasteiger partial charge in [0.15, 0.2) is 0 Å². The normalized spacial score (nSPS) is 12.0. The van der Waals surface area contributed by atoms with Crippen LogP contribution in [0.5, 0.6) is 0 Å². The SMILES string of the molecule is CC(C)(CCCCCC(=O)CCCCCC(=O)CCCCCC(C)(C)C(=O)O)C(=O)O. The monoisotopic (exact) mass is 440 g/mol. The summed E-state index contributed by atoms with van der Waals surface area (Å²) < 4.78 is 0. The number of Topliss-reactive ketones (excluding diaryl/α,β-unsaturated/α-hetero) is 2. The van der Waals surface area contributed by atoms with Crippen molar-refractivity contribution in [1.29, 1.82) is 0 Å². The van der Waals surface area contributed by atoms with E-state index in [0.29, 0.717) is 38.5 Å². The molecule has 0 aliphatic carbocycles. The van der Waals surface area contributed by atoms with Gasteiger partial charge < -0.3 is 10.2 Å². The molecule has 6 heteroatoms. The summed E-state index contributed by atoms with van der Waals surface area (Å²) in [6.07, 6.45) is 11.1. The minimum absolute atomic E-state index is 0.258. The number of carbonyl (C=O) groups is 4. The highest BCUT2D eigenvalue weighted by Gasteiger charge is 2.26. The van der Waals surface area contributed by atoms with E-state index in [1.165, 1.54) is 0 Å². The highest BCUT2D eigenvalue weighted by Crippen LogP contribution is 2.25. The molecule has 0 radical (unpaired) electrons. The first kappa shape index (κ1) is 29.3. The zero-order chi connectivity index (χ0) is 23.9. The first-order valence-corrected chi connectivity index (χ1v) is 11.9. The smallest absolute Gasteiger partial charge is 0.309 e. The molecule has 0 aromatic carbocycles. The lowest BCUT2D eigenvalue weighted by Crippen LogP contribution is -2.23. The number of unbranched alkanes of at least 4 members (excludes halogenated alkanes) is 6. The number of carbonyl (C=O) groups excluding carboxylic acids is 2. The van der Waals surface area contributed by atoms with Crippen molar-refractivity contribution in [3.05, 3.63) is 0 Å². The lowest BCUT2D eigenvalue weighted by molar-refractivity contribution is -0.148. The number of carboxylic acid groups (broad SMARTS) is 2. The summed E-state index contributed by atoms with van der Waals surface area (Å²) in [6, 6.07) is 0. The Morgan fingerprint density at radius 2 is 0.742 bits per heavy atom. The number of hydrogen-bond donors (Lipinski definition) is 2. The van der Waals surface area contributed by atoms with E-state index in [2.05, 4.69) is 0 Å². The molecule has 0 saturated carbocycles. The van der Waals surface area contributed by atoms with Crippen LogP contribution in [0.3, 0.4) is 0 Å². The van der Waals surface area contributed by atoms with E-state index < -0.39 is 22.8 Å². The van der Waals surface area contributed by atoms with Crippen molar-refractivity contribution in [3.63, 3.8) is 0 Å². The van der Waals surface area contributed by atoms with Gasteiger partial charge in [0.25, 0.3) is 0 Å². The van der Waals surface area contributed by atoms with E-state index in [-0.39, 0.29) is 11.6 Å². The Bertz CT molecular complexity index is 527. The molecular weight excluding hydrogens is 396 g/mol. The summed E-state index contributed by atoms with van der Waals surface area (Å²) in [4.78, 5) is 45.9. The standard InChI is InChI=1S/C25H44O6/c1-24(2,22(28)29)18-12-6-10-16-20(26)14-8-5-9-15-21(27)17-11-7-13-19-25(3,4)23(30)31/h5-19H2,1-4H3,(H,28,29)(H,30,31). The van der Waals surface area contributed by atoms with E-state index >= 15 is 0 Å². The van der Waals surface area contributed by atoms with Crippen LogP contribution in [-0.4, -0.2) is 33.7 Å². The van der Waals surface area contributed by atoms with Crippen LogP contribution in [0.15, 0.2) is 0 Å². The molecule has 0 amide bonds. The lowest BCUT2D eigenvalue weighted by Gasteiger charge is -2.18. The van der Waals surface area contributed by atoms with Gasteiger partial charge in [0.05, 0.1) is 10.8 Å². The summed E-state index contributed by atoms with van der Waals surface area (Å²) >= 11 is 0. The maximum atomic E-state index is 11.9. The Hall–Kier alpha value is -1.72. The van der Waals surface area contributed by atoms with Gasteiger partial charge in [-0.2, -0.15) is 0 Å². The molecule has 0 saturated heterocycles. The Morgan fingerprint density at radius 1 is 0.484 bits per heavy atom. The molecule has 180 valence electrons. The van der Waals surface area contributed by atoms with Gasteiger partial charge in [-0.05, 0) is 66.2 Å². The maximum absolute atomic E-state index is 11.9. The van der Waals surface area contributed by atoms with Crippen molar-refractivity contribution >= 4 is 23.5 Å². The molecule has 0 unspecified atom stereocenters. The molecule has 0 fully saturated rings. The molecule has 0 atom stereocenters. The van der Waals surface area contributed by atoms with Gasteiger partial charge in [0, 0.05) is 25.7 Å². The predicted octanol–water partition coefficient (Wildman–Crippen LogP) is 6.20. The van der Waals surface area contributed by atoms with Gasteiger partial charge >= 0.3 is 11.9 Å². The predicted molar refractivity (Wildman–Crippen MR) is 122 cm³/mol. The summed E-state index contributed by atoms with van der Waals surface area (Å²) in [5, 5.41) is 18.2. The molecule has 0 aliphatic rings. The summed E-state index contributed by atoms with van der Waals surface area (Å²) in [7, 11) is 0. The van der Waals surface area contributed by atoms with Gasteiger partial charge in [0.1, 0.15) is 11.6 Å². The summed E-state index contributed by atoms with van der Waals surface area (Å²) in [6.45, 7) is 6.92. The molecule has 0 aromatic heterocycles. The van der Waals surface area contributed by atoms with Crippen LogP contribution >= 0.6 is 0 Å². The van der Waals surface area contributed by atoms with Crippen molar-refractivity contribution in [3.8, 4) is 0 Å². The molecule has 0 bridgehead atoms. The topological polar surface area (TPSA) is 109 Å². The van der Waals surface area contributed by atoms with E-state index in [0.717, 1.165) is 57.8 Å². The second-order valence-corrected chi connectivity index (χ2v) is 10.1. The highest BCUT2D eigenvalue weighted by atomic mass is 16.4.